The van der Waals surface area contributed by atoms with Crippen molar-refractivity contribution in [2.45, 2.75) is 33.1 Å². The van der Waals surface area contributed by atoms with Gasteiger partial charge in [0.2, 0.25) is 0 Å². The molecule has 0 heterocycles. The Morgan fingerprint density at radius 3 is 2.54 bits per heavy atom. The van der Waals surface area contributed by atoms with Crippen molar-refractivity contribution in [3.63, 3.8) is 0 Å². The van der Waals surface area contributed by atoms with Gasteiger partial charge in [0.15, 0.2) is 6.61 Å². The predicted octanol–water partition coefficient (Wildman–Crippen LogP) is 3.96. The molecule has 0 aliphatic carbocycles. The van der Waals surface area contributed by atoms with E-state index in [-0.39, 0.29) is 12.5 Å². The van der Waals surface area contributed by atoms with Crippen molar-refractivity contribution in [1.82, 2.24) is 5.43 Å². The van der Waals surface area contributed by atoms with Gasteiger partial charge < -0.3 is 9.47 Å². The first kappa shape index (κ1) is 19.5. The zero-order valence-electron chi connectivity index (χ0n) is 15.4. The Bertz CT molecular complexity index is 711. The van der Waals surface area contributed by atoms with Gasteiger partial charge in [0.05, 0.1) is 12.8 Å². The van der Waals surface area contributed by atoms with Crippen LogP contribution in [0, 0.1) is 0 Å². The molecule has 1 amide bonds. The molecular weight excluding hydrogens is 328 g/mol. The van der Waals surface area contributed by atoms with Crippen LogP contribution in [0.1, 0.15) is 37.8 Å². The van der Waals surface area contributed by atoms with Crippen molar-refractivity contribution in [2.24, 2.45) is 5.10 Å². The van der Waals surface area contributed by atoms with E-state index >= 15 is 0 Å². The number of benzene rings is 2. The first-order chi connectivity index (χ1) is 12.7. The van der Waals surface area contributed by atoms with Gasteiger partial charge in [0.25, 0.3) is 5.91 Å². The molecule has 0 bridgehead atoms. The van der Waals surface area contributed by atoms with Gasteiger partial charge in [-0.2, -0.15) is 5.10 Å². The Morgan fingerprint density at radius 1 is 1.04 bits per heavy atom. The molecule has 0 saturated heterocycles. The number of amides is 1. The van der Waals surface area contributed by atoms with Gasteiger partial charge in [-0.05, 0) is 42.7 Å². The minimum absolute atomic E-state index is 0.0849. The largest absolute Gasteiger partial charge is 0.493 e. The summed E-state index contributed by atoms with van der Waals surface area (Å²) in [5, 5.41) is 3.98. The molecule has 5 heteroatoms. The van der Waals surface area contributed by atoms with Crippen molar-refractivity contribution in [3.05, 3.63) is 59.7 Å². The van der Waals surface area contributed by atoms with E-state index in [9.17, 15) is 4.79 Å². The molecule has 0 aromatic heterocycles. The minimum Gasteiger partial charge on any atom is -0.493 e. The first-order valence-electron chi connectivity index (χ1n) is 8.98. The maximum absolute atomic E-state index is 11.9. The molecule has 2 aromatic rings. The molecule has 0 unspecified atom stereocenters. The fourth-order valence-corrected chi connectivity index (χ4v) is 2.33. The van der Waals surface area contributed by atoms with Crippen LogP contribution in [0.3, 0.4) is 0 Å². The van der Waals surface area contributed by atoms with Crippen molar-refractivity contribution in [2.75, 3.05) is 13.2 Å². The van der Waals surface area contributed by atoms with Gasteiger partial charge >= 0.3 is 0 Å². The maximum Gasteiger partial charge on any atom is 0.277 e. The summed E-state index contributed by atoms with van der Waals surface area (Å²) in [5.41, 5.74) is 4.54. The highest BCUT2D eigenvalue weighted by Crippen LogP contribution is 2.16. The van der Waals surface area contributed by atoms with Crippen LogP contribution in [0.15, 0.2) is 53.6 Å². The molecule has 2 aromatic carbocycles. The van der Waals surface area contributed by atoms with Crippen LogP contribution >= 0.6 is 0 Å². The summed E-state index contributed by atoms with van der Waals surface area (Å²) in [6.07, 6.45) is 4.65. The number of carbonyl (C=O) groups excluding carboxylic acids is 1. The number of hydrogen-bond acceptors (Lipinski definition) is 4. The molecule has 1 N–H and O–H groups in total. The van der Waals surface area contributed by atoms with Crippen molar-refractivity contribution >= 4 is 12.1 Å². The van der Waals surface area contributed by atoms with E-state index in [0.29, 0.717) is 12.4 Å². The third kappa shape index (κ3) is 6.59. The van der Waals surface area contributed by atoms with Crippen molar-refractivity contribution < 1.29 is 14.3 Å². The minimum atomic E-state index is -0.314. The summed E-state index contributed by atoms with van der Waals surface area (Å²) in [7, 11) is 0. The maximum atomic E-state index is 11.9. The lowest BCUT2D eigenvalue weighted by Gasteiger charge is -2.07. The molecule has 0 aliphatic rings. The summed E-state index contributed by atoms with van der Waals surface area (Å²) in [4.78, 5) is 11.9. The normalized spacial score (nSPS) is 10.7. The number of hydrogen-bond donors (Lipinski definition) is 1. The second kappa shape index (κ2) is 10.9. The molecule has 26 heavy (non-hydrogen) atoms. The number of ether oxygens (including phenoxy) is 2. The zero-order valence-corrected chi connectivity index (χ0v) is 15.4. The molecule has 0 saturated carbocycles. The highest BCUT2D eigenvalue weighted by atomic mass is 16.5. The molecule has 0 aliphatic heterocycles. The van der Waals surface area contributed by atoms with Gasteiger partial charge in [-0.25, -0.2) is 5.43 Å². The van der Waals surface area contributed by atoms with Crippen molar-refractivity contribution in [3.8, 4) is 11.5 Å². The topological polar surface area (TPSA) is 59.9 Å². The third-order valence-electron chi connectivity index (χ3n) is 3.61. The quantitative estimate of drug-likeness (QED) is 0.519. The average Bonchev–Trinajstić information content (AvgIpc) is 2.67. The lowest BCUT2D eigenvalue weighted by atomic mass is 10.1. The third-order valence-corrected chi connectivity index (χ3v) is 3.61. The van der Waals surface area contributed by atoms with Crippen LogP contribution in [0.2, 0.25) is 0 Å². The predicted molar refractivity (Wildman–Crippen MR) is 104 cm³/mol. The Morgan fingerprint density at radius 2 is 1.81 bits per heavy atom. The van der Waals surface area contributed by atoms with Gasteiger partial charge in [0.1, 0.15) is 11.5 Å². The summed E-state index contributed by atoms with van der Waals surface area (Å²) in [5.74, 6) is 1.10. The van der Waals surface area contributed by atoms with Gasteiger partial charge in [-0.3, -0.25) is 4.79 Å². The smallest absolute Gasteiger partial charge is 0.277 e. The van der Waals surface area contributed by atoms with Gasteiger partial charge in [0, 0.05) is 5.56 Å². The second-order valence-corrected chi connectivity index (χ2v) is 5.86. The number of para-hydroxylation sites is 1. The molecule has 0 spiro atoms. The van der Waals surface area contributed by atoms with E-state index in [0.717, 1.165) is 30.6 Å². The van der Waals surface area contributed by atoms with E-state index in [1.807, 2.05) is 55.5 Å². The SMILES string of the molecule is CCCOc1ccccc1/C=N/NC(=O)COc1ccc(CCC)cc1. The summed E-state index contributed by atoms with van der Waals surface area (Å²) in [6.45, 7) is 4.75. The highest BCUT2D eigenvalue weighted by molar-refractivity contribution is 5.85. The number of aryl methyl sites for hydroxylation is 1. The summed E-state index contributed by atoms with van der Waals surface area (Å²) >= 11 is 0. The monoisotopic (exact) mass is 354 g/mol. The lowest BCUT2D eigenvalue weighted by Crippen LogP contribution is -2.24. The molecule has 138 valence electrons. The fourth-order valence-electron chi connectivity index (χ4n) is 2.33. The number of hydrazone groups is 1. The second-order valence-electron chi connectivity index (χ2n) is 5.86. The van der Waals surface area contributed by atoms with Crippen LogP contribution in [-0.4, -0.2) is 25.3 Å². The highest BCUT2D eigenvalue weighted by Gasteiger charge is 2.03. The van der Waals surface area contributed by atoms with Crippen LogP contribution in [0.25, 0.3) is 0 Å². The van der Waals surface area contributed by atoms with Crippen LogP contribution in [0.5, 0.6) is 11.5 Å². The Balaban J connectivity index is 1.80. The number of nitrogens with zero attached hydrogens (tertiary/aromatic N) is 1. The van der Waals surface area contributed by atoms with Gasteiger partial charge in [-0.1, -0.05) is 44.5 Å². The van der Waals surface area contributed by atoms with Crippen LogP contribution in [0.4, 0.5) is 0 Å². The molecule has 5 nitrogen and oxygen atoms in total. The Hall–Kier alpha value is -2.82. The standard InChI is InChI=1S/C21H26N2O3/c1-3-7-17-10-12-19(13-11-17)26-16-21(24)23-22-15-18-8-5-6-9-20(18)25-14-4-2/h5-6,8-13,15H,3-4,7,14,16H2,1-2H3,(H,23,24)/b22-15+. The van der Waals surface area contributed by atoms with Crippen LogP contribution < -0.4 is 14.9 Å². The van der Waals surface area contributed by atoms with E-state index < -0.39 is 0 Å². The van der Waals surface area contributed by atoms with Crippen LogP contribution in [-0.2, 0) is 11.2 Å². The summed E-state index contributed by atoms with van der Waals surface area (Å²) in [6, 6.07) is 15.4. The number of rotatable bonds is 10. The molecule has 0 atom stereocenters. The molecule has 0 fully saturated rings. The number of carbonyl (C=O) groups is 1. The Labute approximate surface area is 155 Å². The summed E-state index contributed by atoms with van der Waals surface area (Å²) < 4.78 is 11.1. The van der Waals surface area contributed by atoms with E-state index in [1.54, 1.807) is 6.21 Å². The molecule has 2 rings (SSSR count). The van der Waals surface area contributed by atoms with E-state index in [4.69, 9.17) is 9.47 Å². The first-order valence-corrected chi connectivity index (χ1v) is 8.98. The molecular formula is C21H26N2O3. The Kier molecular flexibility index (Phi) is 8.19. The number of nitrogens with one attached hydrogen (secondary N) is 1. The zero-order chi connectivity index (χ0) is 18.6. The molecule has 0 radical (unpaired) electrons. The average molecular weight is 354 g/mol. The lowest BCUT2D eigenvalue weighted by molar-refractivity contribution is -0.123. The van der Waals surface area contributed by atoms with E-state index in [2.05, 4.69) is 17.5 Å². The van der Waals surface area contributed by atoms with Crippen molar-refractivity contribution in [1.29, 1.82) is 0 Å². The van der Waals surface area contributed by atoms with E-state index in [1.165, 1.54) is 5.56 Å². The fraction of sp³-hybridized carbons (Fsp3) is 0.333. The van der Waals surface area contributed by atoms with Gasteiger partial charge in [-0.15, -0.1) is 0 Å².